The molecule has 1 aromatic carbocycles. The smallest absolute Gasteiger partial charge is 0.652 e. The third-order valence-corrected chi connectivity index (χ3v) is 12.1. The zero-order valence-corrected chi connectivity index (χ0v) is 32.8. The van der Waals surface area contributed by atoms with E-state index in [-0.39, 0.29) is 115 Å². The molecule has 9 atom stereocenters. The van der Waals surface area contributed by atoms with Crippen LogP contribution in [0.15, 0.2) is 42.0 Å². The van der Waals surface area contributed by atoms with Gasteiger partial charge in [-0.05, 0) is 112 Å². The summed E-state index contributed by atoms with van der Waals surface area (Å²) in [5.41, 5.74) is 3.49. The van der Waals surface area contributed by atoms with Gasteiger partial charge < -0.3 is 29.9 Å². The van der Waals surface area contributed by atoms with E-state index in [0.717, 1.165) is 48.1 Å². The summed E-state index contributed by atoms with van der Waals surface area (Å²) < 4.78 is 0. The van der Waals surface area contributed by atoms with E-state index in [1.54, 1.807) is 5.57 Å². The van der Waals surface area contributed by atoms with Crippen molar-refractivity contribution in [1.82, 2.24) is 9.80 Å². The Morgan fingerprint density at radius 2 is 1.69 bits per heavy atom. The number of aliphatic hydroxyl groups excluding tert-OH is 1. The van der Waals surface area contributed by atoms with Gasteiger partial charge in [0.25, 0.3) is 5.91 Å². The first kappa shape index (κ1) is 37.4. The van der Waals surface area contributed by atoms with E-state index < -0.39 is 12.3 Å². The summed E-state index contributed by atoms with van der Waals surface area (Å²) in [7, 11) is 4.27. The Bertz CT molecular complexity index is 1130. The molecule has 0 aromatic heterocycles. The van der Waals surface area contributed by atoms with Gasteiger partial charge in [-0.2, -0.15) is 0 Å². The molecule has 6 rings (SSSR count). The van der Waals surface area contributed by atoms with E-state index in [0.29, 0.717) is 17.3 Å². The van der Waals surface area contributed by atoms with Gasteiger partial charge in [0, 0.05) is 32.1 Å². The molecule has 9 heteroatoms. The largest absolute Gasteiger partial charge is 1.00 e. The molecule has 3 saturated carbocycles. The first-order valence-electron chi connectivity index (χ1n) is 15.2. The number of allylic oxidation sites excluding steroid dienone is 1. The monoisotopic (exact) mass is 628 g/mol. The fraction of sp³-hybridized carbons (Fsp3) is 0.697. The molecule has 1 saturated heterocycles. The van der Waals surface area contributed by atoms with Gasteiger partial charge >= 0.3 is 103 Å². The van der Waals surface area contributed by atoms with E-state index in [9.17, 15) is 9.90 Å². The number of hydrogen-bond donors (Lipinski definition) is 1. The second-order valence-electron chi connectivity index (χ2n) is 13.7. The van der Waals surface area contributed by atoms with Crippen LogP contribution in [0.5, 0.6) is 0 Å². The Kier molecular flexibility index (Phi) is 13.5. The number of carboxylic acid groups (broad SMARTS) is 2. The Morgan fingerprint density at radius 1 is 1.05 bits per heavy atom. The van der Waals surface area contributed by atoms with Gasteiger partial charge in [0.15, 0.2) is 0 Å². The van der Waals surface area contributed by atoms with Gasteiger partial charge in [0.1, 0.15) is 6.10 Å². The van der Waals surface area contributed by atoms with Gasteiger partial charge in [-0.3, -0.25) is 4.79 Å². The summed E-state index contributed by atoms with van der Waals surface area (Å²) in [6.07, 6.45) is 9.86. The van der Waals surface area contributed by atoms with Crippen LogP contribution in [0.3, 0.4) is 0 Å². The first-order valence-corrected chi connectivity index (χ1v) is 15.2. The minimum atomic E-state index is -2.33. The number of benzene rings is 1. The van der Waals surface area contributed by atoms with E-state index in [1.165, 1.54) is 45.1 Å². The van der Waals surface area contributed by atoms with E-state index in [4.69, 9.17) is 15.0 Å². The predicted molar refractivity (Wildman–Crippen MR) is 150 cm³/mol. The van der Waals surface area contributed by atoms with Gasteiger partial charge in [-0.25, -0.2) is 0 Å². The van der Waals surface area contributed by atoms with Gasteiger partial charge in [-0.15, -0.1) is 0 Å². The topological polar surface area (TPSA) is 107 Å². The maximum absolute atomic E-state index is 13.2. The van der Waals surface area contributed by atoms with Crippen molar-refractivity contribution in [3.8, 4) is 0 Å². The summed E-state index contributed by atoms with van der Waals surface area (Å²) in [4.78, 5) is 26.0. The van der Waals surface area contributed by atoms with Crippen molar-refractivity contribution in [3.63, 3.8) is 0 Å². The number of aliphatic hydroxyl groups is 1. The molecule has 0 radical (unpaired) electrons. The number of rotatable bonds is 4. The number of nitrogens with zero attached hydrogens (tertiary/aromatic N) is 2. The standard InChI is InChI=1S/C32H46N2O2.CH2O3.2K/c1-21-26-12-13-28-25-11-10-23-19-24(34(4)30(36)29(35)18-22-8-6-5-7-9-22)14-16-31(23,2)27(25)15-17-32(26,28)20-33(21)3;2-1(3)4;;/h5-10,21,24-29,35H,11-20H2,1-4H3;(H2,2,3,4);;/q;;2*+1/p-2. The number of likely N-dealkylation sites (tertiary alicyclic amines) is 1. The summed E-state index contributed by atoms with van der Waals surface area (Å²) >= 11 is 0. The third-order valence-electron chi connectivity index (χ3n) is 12.1. The van der Waals surface area contributed by atoms with E-state index in [1.807, 2.05) is 42.3 Å². The van der Waals surface area contributed by atoms with Crippen LogP contribution < -0.4 is 113 Å². The second-order valence-corrected chi connectivity index (χ2v) is 13.7. The first-order chi connectivity index (χ1) is 19.0. The summed E-state index contributed by atoms with van der Waals surface area (Å²) in [5.74, 6) is 3.33. The van der Waals surface area contributed by atoms with Crippen LogP contribution in [-0.4, -0.2) is 65.8 Å². The maximum atomic E-state index is 13.2. The van der Waals surface area contributed by atoms with Crippen LogP contribution in [0.25, 0.3) is 0 Å². The molecule has 1 amide bonds. The molecule has 7 nitrogen and oxygen atoms in total. The molecule has 1 aliphatic heterocycles. The number of carbonyl (C=O) groups is 2. The molecule has 1 heterocycles. The molecule has 0 bridgehead atoms. The van der Waals surface area contributed by atoms with Crippen LogP contribution in [0.1, 0.15) is 70.8 Å². The van der Waals surface area contributed by atoms with E-state index in [2.05, 4.69) is 31.9 Å². The Balaban J connectivity index is 0.000000760. The van der Waals surface area contributed by atoms with Crippen molar-refractivity contribution >= 4 is 12.1 Å². The molecular weight excluding hydrogens is 583 g/mol. The summed E-state index contributed by atoms with van der Waals surface area (Å²) in [6, 6.07) is 10.8. The second kappa shape index (κ2) is 15.2. The molecule has 1 aromatic rings. The van der Waals surface area contributed by atoms with Crippen LogP contribution in [0.2, 0.25) is 0 Å². The number of fused-ring (bicyclic) bond motifs is 4. The SMILES string of the molecule is CC1C2CCC3C4CC=C5CC(N(C)C(=O)C(O)Cc6ccccc6)CCC5(C)C4CCC32CN1C.O=C([O-])[O-].[K+].[K+]. The molecule has 1 spiro atoms. The average Bonchev–Trinajstić information content (AvgIpc) is 3.41. The van der Waals surface area contributed by atoms with Crippen molar-refractivity contribution < 1.29 is 128 Å². The fourth-order valence-electron chi connectivity index (χ4n) is 10.1. The number of carbonyl (C=O) groups excluding carboxylic acids is 2. The van der Waals surface area contributed by atoms with E-state index >= 15 is 0 Å². The summed E-state index contributed by atoms with van der Waals surface area (Å²) in [6.45, 7) is 6.36. The normalized spacial score (nSPS) is 37.0. The van der Waals surface area contributed by atoms with Crippen molar-refractivity contribution in [2.75, 3.05) is 20.6 Å². The minimum Gasteiger partial charge on any atom is -0.652 e. The number of likely N-dealkylation sites (N-methyl/N-ethyl adjacent to an activating group) is 1. The predicted octanol–water partition coefficient (Wildman–Crippen LogP) is -3.13. The fourth-order valence-corrected chi connectivity index (χ4v) is 10.1. The molecule has 220 valence electrons. The molecule has 4 aliphatic carbocycles. The van der Waals surface area contributed by atoms with Crippen molar-refractivity contribution in [1.29, 1.82) is 0 Å². The van der Waals surface area contributed by atoms with Crippen LogP contribution in [0, 0.1) is 34.5 Å². The average molecular weight is 629 g/mol. The molecule has 1 N–H and O–H groups in total. The molecule has 5 aliphatic rings. The van der Waals surface area contributed by atoms with Gasteiger partial charge in [0.2, 0.25) is 0 Å². The van der Waals surface area contributed by atoms with Crippen molar-refractivity contribution in [2.45, 2.75) is 89.8 Å². The minimum absolute atomic E-state index is 0. The van der Waals surface area contributed by atoms with Crippen LogP contribution >= 0.6 is 0 Å². The van der Waals surface area contributed by atoms with Crippen molar-refractivity contribution in [3.05, 3.63) is 47.5 Å². The molecule has 42 heavy (non-hydrogen) atoms. The Morgan fingerprint density at radius 3 is 2.36 bits per heavy atom. The molecule has 9 unspecified atom stereocenters. The van der Waals surface area contributed by atoms with Crippen LogP contribution in [0.4, 0.5) is 4.79 Å². The Labute approximate surface area is 337 Å². The quantitative estimate of drug-likeness (QED) is 0.279. The van der Waals surface area contributed by atoms with Gasteiger partial charge in [-0.1, -0.05) is 48.9 Å². The third kappa shape index (κ3) is 7.08. The number of amides is 1. The zero-order valence-electron chi connectivity index (χ0n) is 26.6. The summed E-state index contributed by atoms with van der Waals surface area (Å²) in [5, 5.41) is 27.4. The van der Waals surface area contributed by atoms with Crippen LogP contribution in [-0.2, 0) is 11.2 Å². The number of hydrogen-bond acceptors (Lipinski definition) is 6. The maximum Gasteiger partial charge on any atom is 1.00 e. The van der Waals surface area contributed by atoms with Gasteiger partial charge in [0.05, 0.1) is 0 Å². The Hall–Kier alpha value is 0.893. The zero-order chi connectivity index (χ0) is 28.8. The molecule has 4 fully saturated rings. The van der Waals surface area contributed by atoms with Crippen molar-refractivity contribution in [2.24, 2.45) is 34.5 Å². The molecular formula is C33H46K2N2O5.